The number of allylic oxidation sites excluding steroid dienone is 1. The van der Waals surface area contributed by atoms with Crippen molar-refractivity contribution in [1.29, 1.82) is 0 Å². The van der Waals surface area contributed by atoms with Crippen LogP contribution < -0.4 is 9.64 Å². The number of amides is 1. The van der Waals surface area contributed by atoms with Gasteiger partial charge in [-0.1, -0.05) is 42.3 Å². The first-order valence-corrected chi connectivity index (χ1v) is 14.7. The Bertz CT molecular complexity index is 1310. The van der Waals surface area contributed by atoms with Crippen LogP contribution in [0, 0.1) is 5.92 Å². The molecule has 2 aromatic carbocycles. The van der Waals surface area contributed by atoms with E-state index in [-0.39, 0.29) is 11.0 Å². The zero-order valence-electron chi connectivity index (χ0n) is 23.4. The molecule has 0 saturated carbocycles. The van der Waals surface area contributed by atoms with Crippen LogP contribution in [0.15, 0.2) is 48.6 Å². The number of rotatable bonds is 1. The summed E-state index contributed by atoms with van der Waals surface area (Å²) in [4.78, 5) is 29.7. The Morgan fingerprint density at radius 3 is 2.73 bits per heavy atom. The normalized spacial score (nSPS) is 27.6. The van der Waals surface area contributed by atoms with Crippen molar-refractivity contribution in [2.24, 2.45) is 5.92 Å². The Morgan fingerprint density at radius 1 is 1.10 bits per heavy atom. The number of nitrogens with zero attached hydrogens (tertiary/aromatic N) is 2. The highest BCUT2D eigenvalue weighted by Gasteiger charge is 2.49. The highest BCUT2D eigenvalue weighted by molar-refractivity contribution is 6.30. The number of hydrogen-bond donors (Lipinski definition) is 2. The third-order valence-electron chi connectivity index (χ3n) is 9.02. The van der Waals surface area contributed by atoms with E-state index in [0.717, 1.165) is 62.2 Å². The van der Waals surface area contributed by atoms with E-state index in [2.05, 4.69) is 23.1 Å². The second-order valence-corrected chi connectivity index (χ2v) is 12.1. The largest absolute Gasteiger partial charge is 0.490 e. The topological polar surface area (TPSA) is 90.3 Å². The third-order valence-corrected chi connectivity index (χ3v) is 9.26. The first-order chi connectivity index (χ1) is 19.2. The molecule has 1 amide bonds. The molecule has 0 saturated heterocycles. The van der Waals surface area contributed by atoms with Crippen molar-refractivity contribution in [2.45, 2.75) is 62.9 Å². The number of aliphatic carboxylic acids is 1. The number of fused-ring (bicyclic) bond motifs is 3. The third kappa shape index (κ3) is 5.21. The highest BCUT2D eigenvalue weighted by atomic mass is 35.5. The van der Waals surface area contributed by atoms with Gasteiger partial charge in [0.25, 0.3) is 0 Å². The van der Waals surface area contributed by atoms with Gasteiger partial charge in [0.1, 0.15) is 5.75 Å². The molecule has 3 aliphatic rings. The van der Waals surface area contributed by atoms with Crippen LogP contribution in [-0.2, 0) is 27.0 Å². The standard InChI is InChI=1S/C32H39ClN2O5/c1-22-29(36)34(2)16-7-5-3-4-6-8-17-35-20-31(15-9-10-23-18-25(33)12-13-26(23)31)21-40-28-14-11-24(19-27(28)35)32(22,39)30(37)38/h5,7,11-14,18-19,22,39H,3-4,6,8-10,15-17,20-21H2,1-2H3,(H,37,38)/t22-,31-,32+/m0/s1. The van der Waals surface area contributed by atoms with Crippen molar-refractivity contribution in [1.82, 2.24) is 4.90 Å². The van der Waals surface area contributed by atoms with E-state index in [1.54, 1.807) is 25.2 Å². The van der Waals surface area contributed by atoms with Gasteiger partial charge in [-0.3, -0.25) is 4.79 Å². The number of carboxylic acids is 1. The molecule has 7 nitrogen and oxygen atoms in total. The van der Waals surface area contributed by atoms with Crippen molar-refractivity contribution in [3.63, 3.8) is 0 Å². The molecule has 1 spiro atoms. The van der Waals surface area contributed by atoms with Crippen molar-refractivity contribution in [3.8, 4) is 5.75 Å². The van der Waals surface area contributed by atoms with Gasteiger partial charge in [-0.05, 0) is 86.4 Å². The molecule has 2 bridgehead atoms. The summed E-state index contributed by atoms with van der Waals surface area (Å²) in [5.74, 6) is -2.42. The molecule has 1 aliphatic carbocycles. The van der Waals surface area contributed by atoms with Gasteiger partial charge in [0, 0.05) is 37.1 Å². The van der Waals surface area contributed by atoms with E-state index in [9.17, 15) is 19.8 Å². The van der Waals surface area contributed by atoms with Crippen LogP contribution in [0.2, 0.25) is 5.02 Å². The first-order valence-electron chi connectivity index (χ1n) is 14.3. The van der Waals surface area contributed by atoms with Gasteiger partial charge in [0.15, 0.2) is 5.60 Å². The Hall–Kier alpha value is -3.03. The molecule has 2 aliphatic heterocycles. The minimum Gasteiger partial charge on any atom is -0.490 e. The molecule has 5 rings (SSSR count). The predicted octanol–water partition coefficient (Wildman–Crippen LogP) is 5.31. The molecule has 2 heterocycles. The van der Waals surface area contributed by atoms with Gasteiger partial charge in [0.2, 0.25) is 5.91 Å². The molecular weight excluding hydrogens is 528 g/mol. The fraction of sp³-hybridized carbons (Fsp3) is 0.500. The molecule has 0 fully saturated rings. The van der Waals surface area contributed by atoms with E-state index in [1.165, 1.54) is 23.0 Å². The SMILES string of the molecule is C[C@H]1C(=O)N(C)CC=CCCCCCN2C[C@@]3(CCCc4cc(Cl)ccc43)COc3ccc(cc32)[C@@]1(O)C(=O)O. The molecule has 3 atom stereocenters. The van der Waals surface area contributed by atoms with E-state index < -0.39 is 23.4 Å². The fourth-order valence-electron chi connectivity index (χ4n) is 6.64. The predicted molar refractivity (Wildman–Crippen MR) is 156 cm³/mol. The zero-order chi connectivity index (χ0) is 28.5. The number of anilines is 1. The van der Waals surface area contributed by atoms with Crippen LogP contribution in [0.5, 0.6) is 5.75 Å². The maximum atomic E-state index is 13.3. The second kappa shape index (κ2) is 11.5. The summed E-state index contributed by atoms with van der Waals surface area (Å²) in [5.41, 5.74) is 0.817. The summed E-state index contributed by atoms with van der Waals surface area (Å²) in [5, 5.41) is 22.7. The number of halogens is 1. The molecule has 8 heteroatoms. The van der Waals surface area contributed by atoms with Crippen molar-refractivity contribution in [3.05, 3.63) is 70.3 Å². The van der Waals surface area contributed by atoms with E-state index in [0.29, 0.717) is 25.4 Å². The summed E-state index contributed by atoms with van der Waals surface area (Å²) in [6.07, 6.45) is 11.0. The number of aryl methyl sites for hydroxylation is 1. The van der Waals surface area contributed by atoms with Gasteiger partial charge in [0.05, 0.1) is 18.2 Å². The lowest BCUT2D eigenvalue weighted by Crippen LogP contribution is -2.49. The maximum Gasteiger partial charge on any atom is 0.341 e. The molecular formula is C32H39ClN2O5. The minimum atomic E-state index is -2.40. The van der Waals surface area contributed by atoms with E-state index in [4.69, 9.17) is 16.3 Å². The van der Waals surface area contributed by atoms with Crippen molar-refractivity contribution >= 4 is 29.2 Å². The lowest BCUT2D eigenvalue weighted by atomic mass is 9.70. The number of likely N-dealkylation sites (N-methyl/N-ethyl adjacent to an activating group) is 1. The van der Waals surface area contributed by atoms with Crippen LogP contribution in [0.1, 0.15) is 62.1 Å². The number of carboxylic acid groups (broad SMARTS) is 1. The monoisotopic (exact) mass is 566 g/mol. The number of carbonyl (C=O) groups excluding carboxylic acids is 1. The number of ether oxygens (including phenoxy) is 1. The number of aliphatic hydroxyl groups is 1. The Morgan fingerprint density at radius 2 is 1.93 bits per heavy atom. The van der Waals surface area contributed by atoms with Crippen molar-refractivity contribution in [2.75, 3.05) is 38.2 Å². The van der Waals surface area contributed by atoms with Crippen molar-refractivity contribution < 1.29 is 24.5 Å². The fourth-order valence-corrected chi connectivity index (χ4v) is 6.83. The number of benzene rings is 2. The summed E-state index contributed by atoms with van der Waals surface area (Å²) in [6.45, 7) is 3.83. The second-order valence-electron chi connectivity index (χ2n) is 11.7. The average molecular weight is 567 g/mol. The van der Waals surface area contributed by atoms with Crippen LogP contribution in [0.25, 0.3) is 0 Å². The Balaban J connectivity index is 1.60. The molecule has 40 heavy (non-hydrogen) atoms. The first kappa shape index (κ1) is 28.5. The van der Waals surface area contributed by atoms with Crippen LogP contribution in [-0.4, -0.2) is 60.3 Å². The van der Waals surface area contributed by atoms with Gasteiger partial charge in [-0.25, -0.2) is 4.79 Å². The molecule has 2 N–H and O–H groups in total. The smallest absolute Gasteiger partial charge is 0.341 e. The van der Waals surface area contributed by atoms with E-state index in [1.807, 2.05) is 12.1 Å². The maximum absolute atomic E-state index is 13.3. The summed E-state index contributed by atoms with van der Waals surface area (Å²) in [6, 6.07) is 11.2. The van der Waals surface area contributed by atoms with Gasteiger partial charge < -0.3 is 24.7 Å². The Kier molecular flexibility index (Phi) is 8.16. The zero-order valence-corrected chi connectivity index (χ0v) is 24.1. The molecule has 0 unspecified atom stereocenters. The summed E-state index contributed by atoms with van der Waals surface area (Å²) in [7, 11) is 1.63. The van der Waals surface area contributed by atoms with Gasteiger partial charge >= 0.3 is 5.97 Å². The summed E-state index contributed by atoms with van der Waals surface area (Å²) >= 11 is 6.36. The van der Waals surface area contributed by atoms with Crippen LogP contribution in [0.3, 0.4) is 0 Å². The van der Waals surface area contributed by atoms with E-state index >= 15 is 0 Å². The minimum absolute atomic E-state index is 0.177. The summed E-state index contributed by atoms with van der Waals surface area (Å²) < 4.78 is 6.50. The Labute approximate surface area is 241 Å². The van der Waals surface area contributed by atoms with Gasteiger partial charge in [-0.15, -0.1) is 0 Å². The molecule has 2 aromatic rings. The highest BCUT2D eigenvalue weighted by Crippen LogP contribution is 2.46. The van der Waals surface area contributed by atoms with Gasteiger partial charge in [-0.2, -0.15) is 0 Å². The molecule has 214 valence electrons. The number of hydrogen-bond acceptors (Lipinski definition) is 5. The molecule has 0 aromatic heterocycles. The lowest BCUT2D eigenvalue weighted by molar-refractivity contribution is -0.172. The quantitative estimate of drug-likeness (QED) is 0.455. The lowest BCUT2D eigenvalue weighted by Gasteiger charge is -2.41. The van der Waals surface area contributed by atoms with Crippen LogP contribution in [0.4, 0.5) is 5.69 Å². The average Bonchev–Trinajstić information content (AvgIpc) is 3.09. The number of carbonyl (C=O) groups is 2. The molecule has 0 radical (unpaired) electrons. The van der Waals surface area contributed by atoms with Crippen LogP contribution >= 0.6 is 11.6 Å².